The van der Waals surface area contributed by atoms with Crippen LogP contribution in [-0.2, 0) is 9.47 Å². The maximum Gasteiger partial charge on any atom is 0.407 e. The first kappa shape index (κ1) is 33.5. The number of carbonyl (C=O) groups excluding carboxylic acids is 2. The van der Waals surface area contributed by atoms with Crippen LogP contribution in [0.1, 0.15) is 60.8 Å². The molecule has 0 aromatic heterocycles. The van der Waals surface area contributed by atoms with Crippen LogP contribution in [0.15, 0.2) is 60.7 Å². The van der Waals surface area contributed by atoms with E-state index in [0.717, 1.165) is 0 Å². The summed E-state index contributed by atoms with van der Waals surface area (Å²) in [5.74, 6) is 0. The molecule has 3 N–H and O–H groups in total. The topological polar surface area (TPSA) is 96.9 Å². The van der Waals surface area contributed by atoms with Crippen molar-refractivity contribution in [1.82, 2.24) is 10.6 Å². The molecule has 0 bridgehead atoms. The SMILES string of the molecule is CC(C)(C)OC(=O)NCCCC[C@H](NC(=O)OC(C)(C)C)[C@H](O)CP(c1ccccc1)c1ccccc1.[B]. The third-order valence-electron chi connectivity index (χ3n) is 5.28. The molecule has 0 aliphatic rings. The Morgan fingerprint density at radius 3 is 1.76 bits per heavy atom. The minimum atomic E-state index is -0.834. The molecule has 0 spiro atoms. The molecular weight excluding hydrogens is 498 g/mol. The average Bonchev–Trinajstić information content (AvgIpc) is 2.80. The van der Waals surface area contributed by atoms with Crippen molar-refractivity contribution in [3.05, 3.63) is 60.7 Å². The van der Waals surface area contributed by atoms with Crippen LogP contribution < -0.4 is 21.2 Å². The fourth-order valence-corrected chi connectivity index (χ4v) is 6.12. The van der Waals surface area contributed by atoms with Crippen molar-refractivity contribution < 1.29 is 24.2 Å². The van der Waals surface area contributed by atoms with Gasteiger partial charge < -0.3 is 25.2 Å². The zero-order chi connectivity index (χ0) is 27.5. The van der Waals surface area contributed by atoms with E-state index in [2.05, 4.69) is 34.9 Å². The van der Waals surface area contributed by atoms with Crippen molar-refractivity contribution in [3.63, 3.8) is 0 Å². The molecule has 3 radical (unpaired) electrons. The summed E-state index contributed by atoms with van der Waals surface area (Å²) in [6, 6.07) is 19.9. The van der Waals surface area contributed by atoms with Gasteiger partial charge in [0.05, 0.1) is 12.1 Å². The number of amides is 2. The summed E-state index contributed by atoms with van der Waals surface area (Å²) in [5, 5.41) is 19.4. The number of rotatable bonds is 11. The molecule has 0 unspecified atom stereocenters. The fraction of sp³-hybridized carbons (Fsp3) is 0.517. The minimum absolute atomic E-state index is 0. The van der Waals surface area contributed by atoms with E-state index < -0.39 is 43.5 Å². The van der Waals surface area contributed by atoms with Gasteiger partial charge in [-0.05, 0) is 79.3 Å². The number of nitrogens with one attached hydrogen (secondary N) is 2. The van der Waals surface area contributed by atoms with E-state index in [1.165, 1.54) is 10.6 Å². The third-order valence-corrected chi connectivity index (χ3v) is 7.86. The third kappa shape index (κ3) is 13.3. The lowest BCUT2D eigenvalue weighted by molar-refractivity contribution is 0.0432. The highest BCUT2D eigenvalue weighted by molar-refractivity contribution is 7.73. The van der Waals surface area contributed by atoms with Gasteiger partial charge in [-0.3, -0.25) is 0 Å². The second kappa shape index (κ2) is 15.8. The van der Waals surface area contributed by atoms with Gasteiger partial charge in [0.1, 0.15) is 11.2 Å². The molecule has 207 valence electrons. The smallest absolute Gasteiger partial charge is 0.407 e. The number of benzene rings is 2. The van der Waals surface area contributed by atoms with E-state index in [9.17, 15) is 14.7 Å². The van der Waals surface area contributed by atoms with Crippen LogP contribution in [0, 0.1) is 0 Å². The number of aliphatic hydroxyl groups excluding tert-OH is 1. The van der Waals surface area contributed by atoms with E-state index >= 15 is 0 Å². The monoisotopic (exact) mass is 541 g/mol. The molecule has 2 aromatic carbocycles. The van der Waals surface area contributed by atoms with E-state index in [1.54, 1.807) is 0 Å². The molecule has 0 aliphatic carbocycles. The molecule has 0 saturated heterocycles. The van der Waals surface area contributed by atoms with Gasteiger partial charge in [0.25, 0.3) is 0 Å². The number of unbranched alkanes of at least 4 members (excludes halogenated alkanes) is 1. The number of aliphatic hydroxyl groups is 1. The molecule has 0 heterocycles. The fourth-order valence-electron chi connectivity index (χ4n) is 3.70. The minimum Gasteiger partial charge on any atom is -0.444 e. The lowest BCUT2D eigenvalue weighted by Gasteiger charge is -2.29. The first-order valence-corrected chi connectivity index (χ1v) is 14.4. The predicted octanol–water partition coefficient (Wildman–Crippen LogP) is 4.69. The van der Waals surface area contributed by atoms with Crippen LogP contribution in [0.3, 0.4) is 0 Å². The van der Waals surface area contributed by atoms with Gasteiger partial charge in [0.2, 0.25) is 0 Å². The van der Waals surface area contributed by atoms with Crippen LogP contribution >= 0.6 is 7.92 Å². The highest BCUT2D eigenvalue weighted by atomic mass is 31.1. The number of ether oxygens (including phenoxy) is 2. The maximum atomic E-state index is 12.6. The van der Waals surface area contributed by atoms with Gasteiger partial charge in [-0.2, -0.15) is 0 Å². The van der Waals surface area contributed by atoms with Crippen molar-refractivity contribution in [2.24, 2.45) is 0 Å². The van der Waals surface area contributed by atoms with Gasteiger partial charge in [0.15, 0.2) is 0 Å². The van der Waals surface area contributed by atoms with Crippen LogP contribution in [0.5, 0.6) is 0 Å². The first-order valence-electron chi connectivity index (χ1n) is 12.9. The second-order valence-corrected chi connectivity index (χ2v) is 13.3. The normalized spacial score (nSPS) is 13.2. The summed E-state index contributed by atoms with van der Waals surface area (Å²) in [7, 11) is -0.834. The van der Waals surface area contributed by atoms with Crippen LogP contribution in [0.25, 0.3) is 0 Å². The Balaban J connectivity index is 0.00000722. The summed E-state index contributed by atoms with van der Waals surface area (Å²) >= 11 is 0. The first-order chi connectivity index (χ1) is 17.3. The Morgan fingerprint density at radius 2 is 1.29 bits per heavy atom. The Kier molecular flexibility index (Phi) is 13.9. The van der Waals surface area contributed by atoms with Gasteiger partial charge in [-0.25, -0.2) is 9.59 Å². The van der Waals surface area contributed by atoms with E-state index in [4.69, 9.17) is 9.47 Å². The maximum absolute atomic E-state index is 12.6. The summed E-state index contributed by atoms with van der Waals surface area (Å²) in [6.45, 7) is 11.3. The zero-order valence-electron chi connectivity index (χ0n) is 23.6. The van der Waals surface area contributed by atoms with Gasteiger partial charge in [0, 0.05) is 21.1 Å². The van der Waals surface area contributed by atoms with E-state index in [0.29, 0.717) is 32.0 Å². The highest BCUT2D eigenvalue weighted by Crippen LogP contribution is 2.35. The van der Waals surface area contributed by atoms with Crippen molar-refractivity contribution in [2.45, 2.75) is 84.2 Å². The predicted molar refractivity (Wildman–Crippen MR) is 157 cm³/mol. The standard InChI is InChI=1S/C29H43N2O5P.B/c1-28(2,3)35-26(33)30-20-14-13-19-24(31-27(34)36-29(4,5)6)25(32)21-37(22-15-9-7-10-16-22)23-17-11-8-12-18-23;/h7-12,15-18,24-25,32H,13-14,19-21H2,1-6H3,(H,30,33)(H,31,34);/t24-,25+;/m0./s1. The number of alkyl carbamates (subject to hydrolysis) is 2. The van der Waals surface area contributed by atoms with Crippen molar-refractivity contribution in [3.8, 4) is 0 Å². The molecule has 7 nitrogen and oxygen atoms in total. The molecule has 2 rings (SSSR count). The summed E-state index contributed by atoms with van der Waals surface area (Å²) in [4.78, 5) is 24.5. The number of hydrogen-bond donors (Lipinski definition) is 3. The van der Waals surface area contributed by atoms with Crippen LogP contribution in [0.2, 0.25) is 0 Å². The molecule has 2 atom stereocenters. The highest BCUT2D eigenvalue weighted by Gasteiger charge is 2.28. The van der Waals surface area contributed by atoms with Crippen molar-refractivity contribution in [2.75, 3.05) is 12.7 Å². The van der Waals surface area contributed by atoms with Gasteiger partial charge in [-0.15, -0.1) is 0 Å². The number of hydrogen-bond acceptors (Lipinski definition) is 5. The second-order valence-electron chi connectivity index (χ2n) is 11.0. The number of carbonyl (C=O) groups is 2. The largest absolute Gasteiger partial charge is 0.444 e. The molecule has 2 aromatic rings. The summed E-state index contributed by atoms with van der Waals surface area (Å²) in [5.41, 5.74) is -1.19. The lowest BCUT2D eigenvalue weighted by Crippen LogP contribution is -2.47. The van der Waals surface area contributed by atoms with Crippen LogP contribution in [-0.4, -0.2) is 61.8 Å². The van der Waals surface area contributed by atoms with Gasteiger partial charge in [-0.1, -0.05) is 60.7 Å². The Morgan fingerprint density at radius 1 is 0.816 bits per heavy atom. The molecule has 2 amide bonds. The Bertz CT molecular complexity index is 925. The zero-order valence-corrected chi connectivity index (χ0v) is 24.5. The molecule has 0 fully saturated rings. The summed E-state index contributed by atoms with van der Waals surface area (Å²) < 4.78 is 10.7. The average molecular weight is 541 g/mol. The lowest BCUT2D eigenvalue weighted by atomic mass is 10.1. The molecule has 0 aliphatic heterocycles. The Hall–Kier alpha value is -2.57. The van der Waals surface area contributed by atoms with E-state index in [-0.39, 0.29) is 8.41 Å². The molecule has 0 saturated carbocycles. The molecule has 9 heteroatoms. The van der Waals surface area contributed by atoms with Crippen LogP contribution in [0.4, 0.5) is 9.59 Å². The van der Waals surface area contributed by atoms with E-state index in [1.807, 2.05) is 77.9 Å². The quantitative estimate of drug-likeness (QED) is 0.218. The molecular formula is C29H43BN2O5P. The molecule has 38 heavy (non-hydrogen) atoms. The van der Waals surface area contributed by atoms with Gasteiger partial charge >= 0.3 is 12.2 Å². The van der Waals surface area contributed by atoms with Crippen molar-refractivity contribution >= 4 is 39.1 Å². The van der Waals surface area contributed by atoms with Crippen molar-refractivity contribution in [1.29, 1.82) is 0 Å². The summed E-state index contributed by atoms with van der Waals surface area (Å²) in [6.07, 6.45) is 0.646. The Labute approximate surface area is 231 Å².